The largest absolute Gasteiger partial charge is 0.481 e. The number of rotatable bonds is 13. The summed E-state index contributed by atoms with van der Waals surface area (Å²) >= 11 is 0. The number of carbonyl (C=O) groups is 2. The van der Waals surface area contributed by atoms with Crippen LogP contribution in [-0.2, 0) is 33.5 Å². The zero-order valence-electron chi connectivity index (χ0n) is 23.9. The second-order valence-electron chi connectivity index (χ2n) is 10.6. The Balaban J connectivity index is 1.59. The number of nitrogens with one attached hydrogen (secondary N) is 2. The Morgan fingerprint density at radius 1 is 1.18 bits per heavy atom. The van der Waals surface area contributed by atoms with Gasteiger partial charge in [0.15, 0.2) is 0 Å². The van der Waals surface area contributed by atoms with Gasteiger partial charge in [0.1, 0.15) is 17.5 Å². The topological polar surface area (TPSA) is 115 Å². The summed E-state index contributed by atoms with van der Waals surface area (Å²) in [6.07, 6.45) is 5.38. The van der Waals surface area contributed by atoms with Gasteiger partial charge in [0.25, 0.3) is 0 Å². The highest BCUT2D eigenvalue weighted by atomic mass is 16.6. The van der Waals surface area contributed by atoms with Gasteiger partial charge in [-0.3, -0.25) is 4.79 Å². The van der Waals surface area contributed by atoms with E-state index in [9.17, 15) is 9.59 Å². The molecule has 10 nitrogen and oxygen atoms in total. The molecule has 0 fully saturated rings. The second-order valence-corrected chi connectivity index (χ2v) is 10.6. The molecule has 0 aromatic carbocycles. The Bertz CT molecular complexity index is 1070. The van der Waals surface area contributed by atoms with Crippen LogP contribution in [0.4, 0.5) is 10.6 Å². The average Bonchev–Trinajstić information content (AvgIpc) is 2.91. The third kappa shape index (κ3) is 10.0. The highest BCUT2D eigenvalue weighted by molar-refractivity contribution is 5.76. The first-order valence-corrected chi connectivity index (χ1v) is 13.8. The number of hydrogen-bond donors (Lipinski definition) is 2. The lowest BCUT2D eigenvalue weighted by Gasteiger charge is -2.28. The SMILES string of the molecule is CCOC(=O)[C@H](Cc1ccc(OC)nc1)NCCN(CCCc1ccc2c(n1)NCCC2)C(=O)OC(C)(C)C. The number of amides is 1. The first-order chi connectivity index (χ1) is 18.7. The molecule has 39 heavy (non-hydrogen) atoms. The number of esters is 1. The maximum atomic E-state index is 13.0. The molecule has 2 aromatic rings. The van der Waals surface area contributed by atoms with Crippen LogP contribution in [0.1, 0.15) is 57.4 Å². The lowest BCUT2D eigenvalue weighted by Crippen LogP contribution is -2.46. The van der Waals surface area contributed by atoms with Crippen LogP contribution in [0.15, 0.2) is 30.5 Å². The van der Waals surface area contributed by atoms with E-state index in [1.54, 1.807) is 31.2 Å². The molecule has 1 aliphatic heterocycles. The van der Waals surface area contributed by atoms with Gasteiger partial charge in [-0.05, 0) is 77.0 Å². The summed E-state index contributed by atoms with van der Waals surface area (Å²) in [5.41, 5.74) is 2.52. The van der Waals surface area contributed by atoms with Gasteiger partial charge in [0, 0.05) is 44.1 Å². The van der Waals surface area contributed by atoms with E-state index in [1.165, 1.54) is 5.56 Å². The highest BCUT2D eigenvalue weighted by Crippen LogP contribution is 2.20. The van der Waals surface area contributed by atoms with E-state index in [-0.39, 0.29) is 18.7 Å². The lowest BCUT2D eigenvalue weighted by atomic mass is 10.1. The number of anilines is 1. The molecule has 2 aromatic heterocycles. The van der Waals surface area contributed by atoms with Crippen molar-refractivity contribution in [3.8, 4) is 5.88 Å². The van der Waals surface area contributed by atoms with Crippen molar-refractivity contribution in [2.45, 2.75) is 71.4 Å². The molecule has 10 heteroatoms. The summed E-state index contributed by atoms with van der Waals surface area (Å²) in [5, 5.41) is 6.64. The Hall–Kier alpha value is -3.40. The van der Waals surface area contributed by atoms with Crippen LogP contribution in [0, 0.1) is 0 Å². The van der Waals surface area contributed by atoms with E-state index in [0.29, 0.717) is 31.9 Å². The predicted octanol–water partition coefficient (Wildman–Crippen LogP) is 3.78. The third-order valence-corrected chi connectivity index (χ3v) is 6.25. The van der Waals surface area contributed by atoms with Crippen molar-refractivity contribution in [2.24, 2.45) is 0 Å². The van der Waals surface area contributed by atoms with Crippen LogP contribution in [0.5, 0.6) is 5.88 Å². The molecular weight excluding hydrogens is 498 g/mol. The maximum Gasteiger partial charge on any atom is 0.410 e. The average molecular weight is 542 g/mol. The Morgan fingerprint density at radius 2 is 2.00 bits per heavy atom. The fraction of sp³-hybridized carbons (Fsp3) is 0.586. The predicted molar refractivity (Wildman–Crippen MR) is 150 cm³/mol. The van der Waals surface area contributed by atoms with Gasteiger partial charge < -0.3 is 29.7 Å². The lowest BCUT2D eigenvalue weighted by molar-refractivity contribution is -0.145. The number of fused-ring (bicyclic) bond motifs is 1. The Morgan fingerprint density at radius 3 is 2.69 bits per heavy atom. The van der Waals surface area contributed by atoms with Crippen molar-refractivity contribution in [3.05, 3.63) is 47.3 Å². The zero-order valence-corrected chi connectivity index (χ0v) is 23.9. The molecular formula is C29H43N5O5. The van der Waals surface area contributed by atoms with E-state index < -0.39 is 11.6 Å². The summed E-state index contributed by atoms with van der Waals surface area (Å²) in [5.74, 6) is 1.14. The van der Waals surface area contributed by atoms with Gasteiger partial charge in [-0.25, -0.2) is 14.8 Å². The first-order valence-electron chi connectivity index (χ1n) is 13.8. The third-order valence-electron chi connectivity index (χ3n) is 6.25. The smallest absolute Gasteiger partial charge is 0.410 e. The molecule has 0 aliphatic carbocycles. The van der Waals surface area contributed by atoms with Crippen molar-refractivity contribution in [1.29, 1.82) is 0 Å². The van der Waals surface area contributed by atoms with Gasteiger partial charge in [-0.1, -0.05) is 12.1 Å². The number of methoxy groups -OCH3 is 1. The number of aryl methyl sites for hydroxylation is 2. The number of hydrogen-bond acceptors (Lipinski definition) is 9. The molecule has 0 bridgehead atoms. The van der Waals surface area contributed by atoms with Crippen LogP contribution in [0.3, 0.4) is 0 Å². The summed E-state index contributed by atoms with van der Waals surface area (Å²) in [6, 6.07) is 7.27. The van der Waals surface area contributed by atoms with Crippen molar-refractivity contribution < 1.29 is 23.8 Å². The second kappa shape index (κ2) is 14.7. The van der Waals surface area contributed by atoms with Gasteiger partial charge >= 0.3 is 12.1 Å². The van der Waals surface area contributed by atoms with Gasteiger partial charge in [-0.15, -0.1) is 0 Å². The quantitative estimate of drug-likeness (QED) is 0.366. The van der Waals surface area contributed by atoms with Crippen LogP contribution >= 0.6 is 0 Å². The van der Waals surface area contributed by atoms with Crippen molar-refractivity contribution in [1.82, 2.24) is 20.2 Å². The number of carbonyl (C=O) groups excluding carboxylic acids is 2. The molecule has 1 atom stereocenters. The summed E-state index contributed by atoms with van der Waals surface area (Å²) in [7, 11) is 1.56. The van der Waals surface area contributed by atoms with Crippen LogP contribution < -0.4 is 15.4 Å². The van der Waals surface area contributed by atoms with E-state index in [1.807, 2.05) is 26.8 Å². The Kier molecular flexibility index (Phi) is 11.3. The molecule has 3 rings (SSSR count). The van der Waals surface area contributed by atoms with Gasteiger partial charge in [0.2, 0.25) is 5.88 Å². The molecule has 2 N–H and O–H groups in total. The van der Waals surface area contributed by atoms with Crippen LogP contribution in [-0.4, -0.2) is 78.5 Å². The summed E-state index contributed by atoms with van der Waals surface area (Å²) < 4.78 is 16.1. The molecule has 214 valence electrons. The monoisotopic (exact) mass is 541 g/mol. The van der Waals surface area contributed by atoms with E-state index in [4.69, 9.17) is 19.2 Å². The minimum absolute atomic E-state index is 0.286. The van der Waals surface area contributed by atoms with Crippen LogP contribution in [0.25, 0.3) is 0 Å². The van der Waals surface area contributed by atoms with E-state index in [2.05, 4.69) is 27.8 Å². The number of pyridine rings is 2. The maximum absolute atomic E-state index is 13.0. The number of ether oxygens (including phenoxy) is 3. The molecule has 0 spiro atoms. The highest BCUT2D eigenvalue weighted by Gasteiger charge is 2.24. The summed E-state index contributed by atoms with van der Waals surface area (Å²) in [6.45, 7) is 9.86. The molecule has 0 unspecified atom stereocenters. The minimum Gasteiger partial charge on any atom is -0.481 e. The number of nitrogens with zero attached hydrogens (tertiary/aromatic N) is 3. The zero-order chi connectivity index (χ0) is 28.3. The fourth-order valence-corrected chi connectivity index (χ4v) is 4.32. The number of aromatic nitrogens is 2. The van der Waals surface area contributed by atoms with Crippen molar-refractivity contribution in [2.75, 3.05) is 45.2 Å². The molecule has 0 radical (unpaired) electrons. The molecule has 0 saturated carbocycles. The fourth-order valence-electron chi connectivity index (χ4n) is 4.32. The normalized spacial score (nSPS) is 13.6. The first kappa shape index (κ1) is 30.1. The van der Waals surface area contributed by atoms with E-state index >= 15 is 0 Å². The minimum atomic E-state index is -0.608. The Labute approximate surface area is 231 Å². The van der Waals surface area contributed by atoms with Crippen molar-refractivity contribution >= 4 is 17.9 Å². The standard InChI is InChI=1S/C29H43N5O5/c1-6-38-27(35)24(19-21-11-14-25(37-5)32-20-21)30-16-18-34(28(36)39-29(2,3)4)17-8-10-23-13-12-22-9-7-15-31-26(22)33-23/h11-14,20,24,30H,6-10,15-19H2,1-5H3,(H,31,33)/t24-/m0/s1. The molecule has 0 saturated heterocycles. The van der Waals surface area contributed by atoms with Gasteiger partial charge in [-0.2, -0.15) is 0 Å². The summed E-state index contributed by atoms with van der Waals surface area (Å²) in [4.78, 5) is 36.3. The molecule has 3 heterocycles. The van der Waals surface area contributed by atoms with Crippen molar-refractivity contribution in [3.63, 3.8) is 0 Å². The molecule has 1 amide bonds. The molecule has 1 aliphatic rings. The van der Waals surface area contributed by atoms with Gasteiger partial charge in [0.05, 0.1) is 13.7 Å². The van der Waals surface area contributed by atoms with Crippen LogP contribution in [0.2, 0.25) is 0 Å². The van der Waals surface area contributed by atoms with E-state index in [0.717, 1.165) is 49.3 Å².